The zero-order valence-electron chi connectivity index (χ0n) is 9.61. The number of aromatic nitrogens is 1. The van der Waals surface area contributed by atoms with Gasteiger partial charge in [0.25, 0.3) is 0 Å². The summed E-state index contributed by atoms with van der Waals surface area (Å²) < 4.78 is 0. The highest BCUT2D eigenvalue weighted by Gasteiger charge is 2.35. The van der Waals surface area contributed by atoms with Crippen molar-refractivity contribution >= 4 is 40.8 Å². The largest absolute Gasteiger partial charge is 0.369 e. The van der Waals surface area contributed by atoms with E-state index < -0.39 is 11.8 Å². The van der Waals surface area contributed by atoms with Gasteiger partial charge in [0.15, 0.2) is 5.82 Å². The van der Waals surface area contributed by atoms with Crippen LogP contribution >= 0.6 is 23.2 Å². The van der Waals surface area contributed by atoms with Crippen LogP contribution in [0.2, 0.25) is 10.0 Å². The summed E-state index contributed by atoms with van der Waals surface area (Å²) >= 11 is 11.9. The Morgan fingerprint density at radius 3 is 2.72 bits per heavy atom. The molecule has 2 rings (SSSR count). The third kappa shape index (κ3) is 2.28. The average Bonchev–Trinajstić information content (AvgIpc) is 2.66. The first-order valence-electron chi connectivity index (χ1n) is 5.32. The lowest BCUT2D eigenvalue weighted by Crippen LogP contribution is -2.29. The van der Waals surface area contributed by atoms with Crippen LogP contribution in [0.1, 0.15) is 12.1 Å². The van der Waals surface area contributed by atoms with Gasteiger partial charge >= 0.3 is 0 Å². The molecule has 18 heavy (non-hydrogen) atoms. The standard InChI is InChI=1S/C11H11Cl2N3O2/c1-5-7(12)3-8(13)11(15-5)16-4-6(10(14)18)2-9(16)17/h3,6H,2,4H2,1H3,(H2,14,18). The van der Waals surface area contributed by atoms with Gasteiger partial charge in [-0.1, -0.05) is 23.2 Å². The maximum atomic E-state index is 11.8. The normalized spacial score (nSPS) is 19.4. The Morgan fingerprint density at radius 2 is 2.17 bits per heavy atom. The molecular weight excluding hydrogens is 277 g/mol. The van der Waals surface area contributed by atoms with Crippen LogP contribution in [0.5, 0.6) is 0 Å². The molecule has 0 saturated carbocycles. The van der Waals surface area contributed by atoms with E-state index in [9.17, 15) is 9.59 Å². The number of pyridine rings is 1. The van der Waals surface area contributed by atoms with Gasteiger partial charge in [0.1, 0.15) is 0 Å². The summed E-state index contributed by atoms with van der Waals surface area (Å²) in [4.78, 5) is 28.5. The van der Waals surface area contributed by atoms with E-state index in [-0.39, 0.29) is 23.9 Å². The molecule has 1 fully saturated rings. The molecule has 2 amide bonds. The fourth-order valence-electron chi connectivity index (χ4n) is 1.84. The molecular formula is C11H11Cl2N3O2. The second-order valence-corrected chi connectivity index (χ2v) is 4.98. The minimum atomic E-state index is -0.494. The van der Waals surface area contributed by atoms with Crippen LogP contribution < -0.4 is 10.6 Å². The molecule has 1 aliphatic rings. The molecule has 96 valence electrons. The SMILES string of the molecule is Cc1nc(N2CC(C(N)=O)CC2=O)c(Cl)cc1Cl. The monoisotopic (exact) mass is 287 g/mol. The molecule has 1 atom stereocenters. The first kappa shape index (κ1) is 13.1. The molecule has 5 nitrogen and oxygen atoms in total. The Hall–Kier alpha value is -1.33. The molecule has 0 bridgehead atoms. The van der Waals surface area contributed by atoms with Gasteiger partial charge in [0.05, 0.1) is 21.7 Å². The van der Waals surface area contributed by atoms with Gasteiger partial charge < -0.3 is 5.73 Å². The van der Waals surface area contributed by atoms with Crippen molar-refractivity contribution in [2.75, 3.05) is 11.4 Å². The Labute approximate surface area is 114 Å². The molecule has 1 unspecified atom stereocenters. The van der Waals surface area contributed by atoms with Crippen molar-refractivity contribution in [1.29, 1.82) is 0 Å². The second kappa shape index (κ2) is 4.74. The number of nitrogens with zero attached hydrogens (tertiary/aromatic N) is 2. The molecule has 0 aromatic carbocycles. The van der Waals surface area contributed by atoms with Crippen molar-refractivity contribution in [3.8, 4) is 0 Å². The third-order valence-corrected chi connectivity index (χ3v) is 3.53. The van der Waals surface area contributed by atoms with E-state index >= 15 is 0 Å². The third-order valence-electron chi connectivity index (χ3n) is 2.87. The number of hydrogen-bond acceptors (Lipinski definition) is 3. The first-order valence-corrected chi connectivity index (χ1v) is 6.08. The zero-order chi connectivity index (χ0) is 13.4. The van der Waals surface area contributed by atoms with Crippen LogP contribution in [0.25, 0.3) is 0 Å². The highest BCUT2D eigenvalue weighted by molar-refractivity contribution is 6.36. The summed E-state index contributed by atoms with van der Waals surface area (Å²) in [6, 6.07) is 1.53. The lowest BCUT2D eigenvalue weighted by Gasteiger charge is -2.17. The molecule has 0 radical (unpaired) electrons. The summed E-state index contributed by atoms with van der Waals surface area (Å²) in [5.74, 6) is -0.874. The fraction of sp³-hybridized carbons (Fsp3) is 0.364. The topological polar surface area (TPSA) is 76.3 Å². The van der Waals surface area contributed by atoms with Crippen LogP contribution in [0.4, 0.5) is 5.82 Å². The molecule has 1 aliphatic heterocycles. The quantitative estimate of drug-likeness (QED) is 0.896. The number of hydrogen-bond donors (Lipinski definition) is 1. The molecule has 1 aromatic rings. The van der Waals surface area contributed by atoms with Gasteiger partial charge in [-0.15, -0.1) is 0 Å². The Kier molecular flexibility index (Phi) is 3.45. The van der Waals surface area contributed by atoms with Crippen molar-refractivity contribution in [2.45, 2.75) is 13.3 Å². The highest BCUT2D eigenvalue weighted by atomic mass is 35.5. The molecule has 1 aromatic heterocycles. The number of halogens is 2. The number of amides is 2. The van der Waals surface area contributed by atoms with Crippen molar-refractivity contribution in [1.82, 2.24) is 4.98 Å². The van der Waals surface area contributed by atoms with Crippen molar-refractivity contribution in [3.05, 3.63) is 21.8 Å². The Morgan fingerprint density at radius 1 is 1.50 bits per heavy atom. The van der Waals surface area contributed by atoms with E-state index in [0.717, 1.165) is 0 Å². The first-order chi connectivity index (χ1) is 8.40. The Balaban J connectivity index is 2.35. The molecule has 7 heteroatoms. The van der Waals surface area contributed by atoms with Crippen molar-refractivity contribution in [2.24, 2.45) is 11.7 Å². The van der Waals surface area contributed by atoms with Crippen LogP contribution in [0.3, 0.4) is 0 Å². The van der Waals surface area contributed by atoms with E-state index in [0.29, 0.717) is 16.5 Å². The number of anilines is 1. The van der Waals surface area contributed by atoms with E-state index in [2.05, 4.69) is 4.98 Å². The summed E-state index contributed by atoms with van der Waals surface area (Å²) in [6.45, 7) is 1.93. The van der Waals surface area contributed by atoms with Crippen molar-refractivity contribution < 1.29 is 9.59 Å². The number of carbonyl (C=O) groups excluding carboxylic acids is 2. The highest BCUT2D eigenvalue weighted by Crippen LogP contribution is 2.32. The minimum absolute atomic E-state index is 0.0923. The van der Waals surface area contributed by atoms with E-state index in [1.165, 1.54) is 11.0 Å². The predicted octanol–water partition coefficient (Wildman–Crippen LogP) is 1.54. The van der Waals surface area contributed by atoms with Gasteiger partial charge in [-0.3, -0.25) is 14.5 Å². The summed E-state index contributed by atoms with van der Waals surface area (Å²) in [5, 5.41) is 0.714. The molecule has 2 N–H and O–H groups in total. The zero-order valence-corrected chi connectivity index (χ0v) is 11.1. The minimum Gasteiger partial charge on any atom is -0.369 e. The Bertz CT molecular complexity index is 533. The number of carbonyl (C=O) groups is 2. The van der Waals surface area contributed by atoms with Gasteiger partial charge in [-0.25, -0.2) is 4.98 Å². The summed E-state index contributed by atoms with van der Waals surface area (Å²) in [7, 11) is 0. The van der Waals surface area contributed by atoms with Crippen molar-refractivity contribution in [3.63, 3.8) is 0 Å². The van der Waals surface area contributed by atoms with E-state index in [4.69, 9.17) is 28.9 Å². The van der Waals surface area contributed by atoms with Crippen LogP contribution in [-0.4, -0.2) is 23.3 Å². The van der Waals surface area contributed by atoms with Gasteiger partial charge in [0.2, 0.25) is 11.8 Å². The molecule has 1 saturated heterocycles. The van der Waals surface area contributed by atoms with Gasteiger partial charge in [0, 0.05) is 13.0 Å². The van der Waals surface area contributed by atoms with E-state index in [1.807, 2.05) is 0 Å². The van der Waals surface area contributed by atoms with Gasteiger partial charge in [-0.2, -0.15) is 0 Å². The number of nitrogens with two attached hydrogens (primary N) is 1. The van der Waals surface area contributed by atoms with Crippen LogP contribution in [0, 0.1) is 12.8 Å². The number of rotatable bonds is 2. The van der Waals surface area contributed by atoms with E-state index in [1.54, 1.807) is 6.92 Å². The number of primary amides is 1. The maximum Gasteiger partial charge on any atom is 0.229 e. The molecule has 0 aliphatic carbocycles. The fourth-order valence-corrected chi connectivity index (χ4v) is 2.30. The van der Waals surface area contributed by atoms with Gasteiger partial charge in [-0.05, 0) is 13.0 Å². The number of aryl methyl sites for hydroxylation is 1. The second-order valence-electron chi connectivity index (χ2n) is 4.17. The predicted molar refractivity (Wildman–Crippen MR) is 68.6 cm³/mol. The molecule has 2 heterocycles. The summed E-state index contributed by atoms with van der Waals surface area (Å²) in [6.07, 6.45) is 0.0923. The summed E-state index contributed by atoms with van der Waals surface area (Å²) in [5.41, 5.74) is 5.78. The van der Waals surface area contributed by atoms with Crippen LogP contribution in [-0.2, 0) is 9.59 Å². The lowest BCUT2D eigenvalue weighted by atomic mass is 10.1. The van der Waals surface area contributed by atoms with Crippen LogP contribution in [0.15, 0.2) is 6.07 Å². The average molecular weight is 288 g/mol. The molecule has 0 spiro atoms. The maximum absolute atomic E-state index is 11.8. The lowest BCUT2D eigenvalue weighted by molar-refractivity contribution is -0.123. The smallest absolute Gasteiger partial charge is 0.229 e.